The lowest BCUT2D eigenvalue weighted by molar-refractivity contribution is 0.0766. The molecule has 0 unspecified atom stereocenters. The molecular formula is C21H29N5O. The molecule has 6 heteroatoms. The highest BCUT2D eigenvalue weighted by molar-refractivity contribution is 5.56. The van der Waals surface area contributed by atoms with Gasteiger partial charge in [-0.25, -0.2) is 4.68 Å². The van der Waals surface area contributed by atoms with E-state index < -0.39 is 0 Å². The number of hydrogen-bond donors (Lipinski definition) is 0. The van der Waals surface area contributed by atoms with Crippen molar-refractivity contribution in [1.82, 2.24) is 24.6 Å². The first-order valence-electron chi connectivity index (χ1n) is 10.2. The Morgan fingerprint density at radius 1 is 0.889 bits per heavy atom. The molecule has 1 aliphatic carbocycles. The molecule has 2 aromatic rings. The molecule has 2 fully saturated rings. The maximum atomic E-state index is 12.2. The summed E-state index contributed by atoms with van der Waals surface area (Å²) in [5.74, 6) is 0. The van der Waals surface area contributed by atoms with Gasteiger partial charge in [-0.15, -0.1) is 0 Å². The molecule has 1 saturated carbocycles. The van der Waals surface area contributed by atoms with Gasteiger partial charge in [-0.3, -0.25) is 19.6 Å². The molecule has 0 atom stereocenters. The maximum Gasteiger partial charge on any atom is 0.266 e. The minimum Gasteiger partial charge on any atom is -0.299 e. The lowest BCUT2D eigenvalue weighted by Gasteiger charge is -2.40. The summed E-state index contributed by atoms with van der Waals surface area (Å²) >= 11 is 0. The van der Waals surface area contributed by atoms with Crippen molar-refractivity contribution in [2.75, 3.05) is 32.7 Å². The van der Waals surface area contributed by atoms with Gasteiger partial charge in [0.1, 0.15) is 0 Å². The summed E-state index contributed by atoms with van der Waals surface area (Å²) in [4.78, 5) is 21.4. The molecule has 0 bridgehead atoms. The topological polar surface area (TPSA) is 54.3 Å². The van der Waals surface area contributed by atoms with Crippen LogP contribution in [0.25, 0.3) is 11.3 Å². The SMILES string of the molecule is O=c1ccc(-c2ccncc2)nn1CCN1CCN(C2CCCCC2)CC1. The van der Waals surface area contributed by atoms with Crippen LogP contribution in [0.3, 0.4) is 0 Å². The van der Waals surface area contributed by atoms with E-state index in [2.05, 4.69) is 19.9 Å². The number of aromatic nitrogens is 3. The van der Waals surface area contributed by atoms with E-state index in [-0.39, 0.29) is 5.56 Å². The lowest BCUT2D eigenvalue weighted by Crippen LogP contribution is -2.51. The molecule has 1 aliphatic heterocycles. The van der Waals surface area contributed by atoms with Gasteiger partial charge >= 0.3 is 0 Å². The van der Waals surface area contributed by atoms with E-state index in [1.807, 2.05) is 12.1 Å². The molecule has 27 heavy (non-hydrogen) atoms. The molecular weight excluding hydrogens is 338 g/mol. The monoisotopic (exact) mass is 367 g/mol. The Morgan fingerprint density at radius 3 is 2.37 bits per heavy atom. The van der Waals surface area contributed by atoms with Gasteiger partial charge in [0.2, 0.25) is 0 Å². The Labute approximate surface area is 160 Å². The zero-order valence-corrected chi connectivity index (χ0v) is 16.0. The highest BCUT2D eigenvalue weighted by Gasteiger charge is 2.24. The summed E-state index contributed by atoms with van der Waals surface area (Å²) in [5.41, 5.74) is 1.77. The average molecular weight is 367 g/mol. The second-order valence-electron chi connectivity index (χ2n) is 7.69. The third-order valence-corrected chi connectivity index (χ3v) is 5.97. The van der Waals surface area contributed by atoms with Crippen LogP contribution in [0, 0.1) is 0 Å². The van der Waals surface area contributed by atoms with Gasteiger partial charge in [-0.2, -0.15) is 5.10 Å². The standard InChI is InChI=1S/C21H29N5O/c27-21-7-6-20(18-8-10-22-11-9-18)23-26(21)17-14-24-12-15-25(16-13-24)19-4-2-1-3-5-19/h6-11,19H,1-5,12-17H2. The summed E-state index contributed by atoms with van der Waals surface area (Å²) in [6.45, 7) is 6.02. The summed E-state index contributed by atoms with van der Waals surface area (Å²) < 4.78 is 1.60. The lowest BCUT2D eigenvalue weighted by atomic mass is 9.94. The summed E-state index contributed by atoms with van der Waals surface area (Å²) in [6, 6.07) is 8.05. The van der Waals surface area contributed by atoms with Crippen LogP contribution in [0.5, 0.6) is 0 Å². The van der Waals surface area contributed by atoms with Crippen LogP contribution < -0.4 is 5.56 Å². The minimum atomic E-state index is -0.0337. The van der Waals surface area contributed by atoms with Crippen LogP contribution in [-0.2, 0) is 6.54 Å². The Kier molecular flexibility index (Phi) is 5.94. The zero-order valence-electron chi connectivity index (χ0n) is 16.0. The predicted molar refractivity (Wildman–Crippen MR) is 107 cm³/mol. The fraction of sp³-hybridized carbons (Fsp3) is 0.571. The highest BCUT2D eigenvalue weighted by Crippen LogP contribution is 2.23. The van der Waals surface area contributed by atoms with Gasteiger partial charge in [-0.05, 0) is 31.0 Å². The summed E-state index contributed by atoms with van der Waals surface area (Å²) in [5, 5.41) is 4.55. The van der Waals surface area contributed by atoms with E-state index in [0.29, 0.717) is 6.54 Å². The second kappa shape index (κ2) is 8.76. The molecule has 1 saturated heterocycles. The molecule has 0 spiro atoms. The first-order chi connectivity index (χ1) is 13.3. The fourth-order valence-corrected chi connectivity index (χ4v) is 4.32. The van der Waals surface area contributed by atoms with Gasteiger partial charge < -0.3 is 0 Å². The van der Waals surface area contributed by atoms with E-state index in [4.69, 9.17) is 0 Å². The van der Waals surface area contributed by atoms with Crippen molar-refractivity contribution in [2.45, 2.75) is 44.7 Å². The Hall–Kier alpha value is -2.05. The molecule has 0 aromatic carbocycles. The van der Waals surface area contributed by atoms with Crippen molar-refractivity contribution >= 4 is 0 Å². The van der Waals surface area contributed by atoms with Crippen molar-refractivity contribution < 1.29 is 0 Å². The molecule has 6 nitrogen and oxygen atoms in total. The van der Waals surface area contributed by atoms with Gasteiger partial charge in [0, 0.05) is 62.8 Å². The van der Waals surface area contributed by atoms with Gasteiger partial charge in [0.25, 0.3) is 5.56 Å². The molecule has 0 radical (unpaired) electrons. The number of hydrogen-bond acceptors (Lipinski definition) is 5. The Bertz CT molecular complexity index is 777. The molecule has 2 aliphatic rings. The third-order valence-electron chi connectivity index (χ3n) is 5.97. The van der Waals surface area contributed by atoms with Crippen molar-refractivity contribution in [3.63, 3.8) is 0 Å². The molecule has 2 aromatic heterocycles. The van der Waals surface area contributed by atoms with Crippen LogP contribution >= 0.6 is 0 Å². The quantitative estimate of drug-likeness (QED) is 0.811. The van der Waals surface area contributed by atoms with Crippen LogP contribution in [0.1, 0.15) is 32.1 Å². The Balaban J connectivity index is 1.32. The minimum absolute atomic E-state index is 0.0337. The summed E-state index contributed by atoms with van der Waals surface area (Å²) in [7, 11) is 0. The number of nitrogens with zero attached hydrogens (tertiary/aromatic N) is 5. The molecule has 4 rings (SSSR count). The normalized spacial score (nSPS) is 20.0. The van der Waals surface area contributed by atoms with E-state index in [0.717, 1.165) is 50.0 Å². The second-order valence-corrected chi connectivity index (χ2v) is 7.69. The average Bonchev–Trinajstić information content (AvgIpc) is 2.75. The van der Waals surface area contributed by atoms with E-state index in [1.165, 1.54) is 32.1 Å². The first-order valence-corrected chi connectivity index (χ1v) is 10.2. The van der Waals surface area contributed by atoms with Crippen LogP contribution in [0.4, 0.5) is 0 Å². The highest BCUT2D eigenvalue weighted by atomic mass is 16.1. The van der Waals surface area contributed by atoms with Crippen molar-refractivity contribution in [3.05, 3.63) is 47.0 Å². The summed E-state index contributed by atoms with van der Waals surface area (Å²) in [6.07, 6.45) is 10.5. The van der Waals surface area contributed by atoms with Crippen LogP contribution in [0.2, 0.25) is 0 Å². The number of pyridine rings is 1. The van der Waals surface area contributed by atoms with Gasteiger partial charge in [-0.1, -0.05) is 19.3 Å². The Morgan fingerprint density at radius 2 is 1.63 bits per heavy atom. The molecule has 0 amide bonds. The molecule has 144 valence electrons. The predicted octanol–water partition coefficient (Wildman–Crippen LogP) is 2.26. The first kappa shape index (κ1) is 18.3. The van der Waals surface area contributed by atoms with Crippen molar-refractivity contribution in [2.24, 2.45) is 0 Å². The number of rotatable bonds is 5. The maximum absolute atomic E-state index is 12.2. The van der Waals surface area contributed by atoms with Crippen molar-refractivity contribution in [3.8, 4) is 11.3 Å². The molecule has 3 heterocycles. The fourth-order valence-electron chi connectivity index (χ4n) is 4.32. The van der Waals surface area contributed by atoms with Gasteiger partial charge in [0.05, 0.1) is 12.2 Å². The zero-order chi connectivity index (χ0) is 18.5. The van der Waals surface area contributed by atoms with Crippen LogP contribution in [0.15, 0.2) is 41.5 Å². The molecule has 0 N–H and O–H groups in total. The van der Waals surface area contributed by atoms with Crippen LogP contribution in [-0.4, -0.2) is 63.3 Å². The third kappa shape index (κ3) is 4.62. The van der Waals surface area contributed by atoms with E-state index in [9.17, 15) is 4.79 Å². The van der Waals surface area contributed by atoms with Crippen molar-refractivity contribution in [1.29, 1.82) is 0 Å². The van der Waals surface area contributed by atoms with E-state index in [1.54, 1.807) is 29.2 Å². The van der Waals surface area contributed by atoms with Gasteiger partial charge in [0.15, 0.2) is 0 Å². The number of piperazine rings is 1. The van der Waals surface area contributed by atoms with E-state index >= 15 is 0 Å². The smallest absolute Gasteiger partial charge is 0.266 e. The largest absolute Gasteiger partial charge is 0.299 e.